The van der Waals surface area contributed by atoms with Crippen LogP contribution >= 0.6 is 11.6 Å². The molecule has 2 aromatic carbocycles. The molecule has 7 nitrogen and oxygen atoms in total. The standard InChI is InChI=1S/C21H19ClN2O5/c1-11-5-4-6-17(12(11)2)28-13(3)20(26)23-24-21(27)19-10-16(25)15-9-14(22)7-8-18(15)29-19/h4-10,13H,1-3H3,(H,23,26)(H,24,27)/t13-/m1/s1. The summed E-state index contributed by atoms with van der Waals surface area (Å²) in [6, 6.07) is 11.1. The minimum atomic E-state index is -0.860. The molecule has 3 rings (SSSR count). The van der Waals surface area contributed by atoms with Crippen LogP contribution in [0.5, 0.6) is 5.75 Å². The van der Waals surface area contributed by atoms with Crippen LogP contribution in [-0.4, -0.2) is 17.9 Å². The first kappa shape index (κ1) is 20.4. The molecule has 2 amide bonds. The van der Waals surface area contributed by atoms with Gasteiger partial charge in [0.15, 0.2) is 17.3 Å². The summed E-state index contributed by atoms with van der Waals surface area (Å²) in [6.07, 6.45) is -0.860. The number of amides is 2. The number of hydrazine groups is 1. The number of rotatable bonds is 4. The molecule has 8 heteroatoms. The summed E-state index contributed by atoms with van der Waals surface area (Å²) in [6.45, 7) is 5.40. The first-order valence-electron chi connectivity index (χ1n) is 8.82. The average Bonchev–Trinajstić information content (AvgIpc) is 2.69. The number of hydrogen-bond acceptors (Lipinski definition) is 5. The van der Waals surface area contributed by atoms with Gasteiger partial charge >= 0.3 is 5.91 Å². The highest BCUT2D eigenvalue weighted by Crippen LogP contribution is 2.21. The van der Waals surface area contributed by atoms with Crippen molar-refractivity contribution in [1.82, 2.24) is 10.9 Å². The Hall–Kier alpha value is -3.32. The molecule has 1 atom stereocenters. The van der Waals surface area contributed by atoms with E-state index in [9.17, 15) is 14.4 Å². The van der Waals surface area contributed by atoms with Gasteiger partial charge in [0.1, 0.15) is 11.3 Å². The van der Waals surface area contributed by atoms with Crippen LogP contribution in [-0.2, 0) is 4.79 Å². The fourth-order valence-electron chi connectivity index (χ4n) is 2.62. The molecule has 0 saturated carbocycles. The Balaban J connectivity index is 1.66. The molecule has 3 aromatic rings. The second-order valence-electron chi connectivity index (χ2n) is 6.52. The van der Waals surface area contributed by atoms with E-state index in [0.29, 0.717) is 10.8 Å². The Kier molecular flexibility index (Phi) is 5.89. The van der Waals surface area contributed by atoms with E-state index in [2.05, 4.69) is 10.9 Å². The van der Waals surface area contributed by atoms with Gasteiger partial charge in [0, 0.05) is 11.1 Å². The van der Waals surface area contributed by atoms with E-state index in [1.807, 2.05) is 26.0 Å². The van der Waals surface area contributed by atoms with Crippen LogP contribution in [0.2, 0.25) is 5.02 Å². The summed E-state index contributed by atoms with van der Waals surface area (Å²) < 4.78 is 11.1. The molecule has 0 radical (unpaired) electrons. The van der Waals surface area contributed by atoms with Crippen molar-refractivity contribution in [3.05, 3.63) is 74.6 Å². The zero-order chi connectivity index (χ0) is 21.1. The molecule has 1 heterocycles. The Morgan fingerprint density at radius 3 is 2.62 bits per heavy atom. The highest BCUT2D eigenvalue weighted by molar-refractivity contribution is 6.31. The second-order valence-corrected chi connectivity index (χ2v) is 6.95. The van der Waals surface area contributed by atoms with Crippen LogP contribution in [0.25, 0.3) is 11.0 Å². The van der Waals surface area contributed by atoms with Gasteiger partial charge in [-0.2, -0.15) is 0 Å². The van der Waals surface area contributed by atoms with E-state index < -0.39 is 23.3 Å². The topological polar surface area (TPSA) is 97.6 Å². The van der Waals surface area contributed by atoms with E-state index in [-0.39, 0.29) is 16.7 Å². The van der Waals surface area contributed by atoms with Crippen molar-refractivity contribution >= 4 is 34.4 Å². The molecule has 0 fully saturated rings. The number of aryl methyl sites for hydroxylation is 1. The molecule has 1 aromatic heterocycles. The average molecular weight is 415 g/mol. The number of hydrogen-bond donors (Lipinski definition) is 2. The molecule has 0 aliphatic heterocycles. The summed E-state index contributed by atoms with van der Waals surface area (Å²) in [5.41, 5.74) is 6.24. The minimum Gasteiger partial charge on any atom is -0.481 e. The van der Waals surface area contributed by atoms with Crippen molar-refractivity contribution in [2.75, 3.05) is 0 Å². The maximum atomic E-state index is 12.3. The normalized spacial score (nSPS) is 11.7. The van der Waals surface area contributed by atoms with Crippen LogP contribution in [0.3, 0.4) is 0 Å². The van der Waals surface area contributed by atoms with Gasteiger partial charge in [-0.05, 0) is 56.2 Å². The third kappa shape index (κ3) is 4.57. The van der Waals surface area contributed by atoms with Gasteiger partial charge in [0.05, 0.1) is 5.39 Å². The van der Waals surface area contributed by atoms with Crippen LogP contribution in [0.15, 0.2) is 51.7 Å². The number of carbonyl (C=O) groups excluding carboxylic acids is 2. The molecular formula is C21H19ClN2O5. The summed E-state index contributed by atoms with van der Waals surface area (Å²) in [4.78, 5) is 36.7. The molecule has 0 spiro atoms. The van der Waals surface area contributed by atoms with E-state index in [1.165, 1.54) is 12.1 Å². The Morgan fingerprint density at radius 1 is 1.10 bits per heavy atom. The van der Waals surface area contributed by atoms with E-state index in [0.717, 1.165) is 17.2 Å². The van der Waals surface area contributed by atoms with E-state index in [1.54, 1.807) is 19.1 Å². The van der Waals surface area contributed by atoms with E-state index >= 15 is 0 Å². The van der Waals surface area contributed by atoms with Crippen LogP contribution < -0.4 is 21.0 Å². The van der Waals surface area contributed by atoms with Gasteiger partial charge < -0.3 is 9.15 Å². The summed E-state index contributed by atoms with van der Waals surface area (Å²) in [7, 11) is 0. The van der Waals surface area contributed by atoms with Gasteiger partial charge in [-0.3, -0.25) is 25.2 Å². The molecule has 2 N–H and O–H groups in total. The predicted molar refractivity (Wildman–Crippen MR) is 109 cm³/mol. The summed E-state index contributed by atoms with van der Waals surface area (Å²) >= 11 is 5.86. The molecule has 150 valence electrons. The molecule has 29 heavy (non-hydrogen) atoms. The fourth-order valence-corrected chi connectivity index (χ4v) is 2.79. The smallest absolute Gasteiger partial charge is 0.305 e. The van der Waals surface area contributed by atoms with Crippen LogP contribution in [0, 0.1) is 13.8 Å². The van der Waals surface area contributed by atoms with Crippen molar-refractivity contribution in [1.29, 1.82) is 0 Å². The van der Waals surface area contributed by atoms with Crippen molar-refractivity contribution in [2.24, 2.45) is 0 Å². The maximum absolute atomic E-state index is 12.3. The molecule has 0 saturated heterocycles. The minimum absolute atomic E-state index is 0.213. The zero-order valence-electron chi connectivity index (χ0n) is 16.0. The molecule has 0 aliphatic rings. The number of ether oxygens (including phenoxy) is 1. The Bertz CT molecular complexity index is 1160. The van der Waals surface area contributed by atoms with Gasteiger partial charge in [-0.1, -0.05) is 23.7 Å². The Morgan fingerprint density at radius 2 is 1.86 bits per heavy atom. The molecule has 0 unspecified atom stereocenters. The summed E-state index contributed by atoms with van der Waals surface area (Å²) in [5, 5.41) is 0.640. The summed E-state index contributed by atoms with van der Waals surface area (Å²) in [5.74, 6) is -0.994. The van der Waals surface area contributed by atoms with Crippen molar-refractivity contribution in [3.8, 4) is 5.75 Å². The SMILES string of the molecule is Cc1cccc(O[C@H](C)C(=O)NNC(=O)c2cc(=O)c3cc(Cl)ccc3o2)c1C. The third-order valence-corrected chi connectivity index (χ3v) is 4.68. The number of fused-ring (bicyclic) bond motifs is 1. The van der Waals surface area contributed by atoms with Crippen LogP contribution in [0.1, 0.15) is 28.6 Å². The van der Waals surface area contributed by atoms with Crippen LogP contribution in [0.4, 0.5) is 0 Å². The third-order valence-electron chi connectivity index (χ3n) is 4.44. The maximum Gasteiger partial charge on any atom is 0.305 e. The van der Waals surface area contributed by atoms with Gasteiger partial charge in [0.25, 0.3) is 5.91 Å². The van der Waals surface area contributed by atoms with Crippen molar-refractivity contribution in [3.63, 3.8) is 0 Å². The zero-order valence-corrected chi connectivity index (χ0v) is 16.8. The quantitative estimate of drug-likeness (QED) is 0.638. The second kappa shape index (κ2) is 8.36. The van der Waals surface area contributed by atoms with Crippen molar-refractivity contribution in [2.45, 2.75) is 26.9 Å². The highest BCUT2D eigenvalue weighted by Gasteiger charge is 2.18. The predicted octanol–water partition coefficient (Wildman–Crippen LogP) is 3.29. The first-order chi connectivity index (χ1) is 13.8. The lowest BCUT2D eigenvalue weighted by Gasteiger charge is -2.17. The lowest BCUT2D eigenvalue weighted by atomic mass is 10.1. The van der Waals surface area contributed by atoms with Crippen molar-refractivity contribution < 1.29 is 18.7 Å². The van der Waals surface area contributed by atoms with Gasteiger partial charge in [-0.15, -0.1) is 0 Å². The first-order valence-corrected chi connectivity index (χ1v) is 9.20. The molecule has 0 bridgehead atoms. The Labute approximate surface area is 171 Å². The molecular weight excluding hydrogens is 396 g/mol. The number of carbonyl (C=O) groups is 2. The molecule has 0 aliphatic carbocycles. The monoisotopic (exact) mass is 414 g/mol. The lowest BCUT2D eigenvalue weighted by Crippen LogP contribution is -2.47. The largest absolute Gasteiger partial charge is 0.481 e. The number of halogens is 1. The van der Waals surface area contributed by atoms with Gasteiger partial charge in [-0.25, -0.2) is 0 Å². The fraction of sp³-hybridized carbons (Fsp3) is 0.190. The van der Waals surface area contributed by atoms with E-state index in [4.69, 9.17) is 20.8 Å². The highest BCUT2D eigenvalue weighted by atomic mass is 35.5. The number of benzene rings is 2. The lowest BCUT2D eigenvalue weighted by molar-refractivity contribution is -0.128. The van der Waals surface area contributed by atoms with Gasteiger partial charge in [0.2, 0.25) is 0 Å². The number of nitrogens with one attached hydrogen (secondary N) is 2.